The summed E-state index contributed by atoms with van der Waals surface area (Å²) in [6.07, 6.45) is 2.48. The molecule has 0 bridgehead atoms. The van der Waals surface area contributed by atoms with Gasteiger partial charge in [-0.1, -0.05) is 12.1 Å². The number of fused-ring (bicyclic) bond motifs is 1. The van der Waals surface area contributed by atoms with Gasteiger partial charge in [0.1, 0.15) is 11.6 Å². The van der Waals surface area contributed by atoms with E-state index in [0.717, 1.165) is 10.8 Å². The Kier molecular flexibility index (Phi) is 4.71. The number of amides is 1. The molecule has 7 nitrogen and oxygen atoms in total. The molecule has 0 fully saturated rings. The van der Waals surface area contributed by atoms with E-state index in [-0.39, 0.29) is 28.0 Å². The summed E-state index contributed by atoms with van der Waals surface area (Å²) in [5.41, 5.74) is 6.48. The SMILES string of the molecule is Cc1c(C(N)=O)c2cc(F)ccc2n1OC(=O)c1cnc(-c2cccc(F)c2)nc1. The van der Waals surface area contributed by atoms with Gasteiger partial charge in [0.2, 0.25) is 0 Å². The topological polar surface area (TPSA) is 100 Å². The molecule has 4 rings (SSSR count). The minimum absolute atomic E-state index is 0.0270. The molecule has 0 spiro atoms. The lowest BCUT2D eigenvalue weighted by Gasteiger charge is -2.09. The van der Waals surface area contributed by atoms with Crippen LogP contribution >= 0.6 is 0 Å². The number of carbonyl (C=O) groups is 2. The Morgan fingerprint density at radius 3 is 2.40 bits per heavy atom. The molecule has 0 unspecified atom stereocenters. The molecule has 0 saturated heterocycles. The number of benzene rings is 2. The van der Waals surface area contributed by atoms with Gasteiger partial charge in [0.25, 0.3) is 5.91 Å². The number of aromatic nitrogens is 3. The highest BCUT2D eigenvalue weighted by Gasteiger charge is 2.22. The van der Waals surface area contributed by atoms with E-state index in [1.807, 2.05) is 0 Å². The van der Waals surface area contributed by atoms with Gasteiger partial charge in [0.05, 0.1) is 22.3 Å². The van der Waals surface area contributed by atoms with Crippen molar-refractivity contribution in [3.63, 3.8) is 0 Å². The van der Waals surface area contributed by atoms with Gasteiger partial charge in [0, 0.05) is 23.3 Å². The maximum Gasteiger partial charge on any atom is 0.366 e. The zero-order valence-electron chi connectivity index (χ0n) is 15.6. The van der Waals surface area contributed by atoms with Gasteiger partial charge in [-0.15, -0.1) is 0 Å². The molecule has 0 aliphatic rings. The lowest BCUT2D eigenvalue weighted by Crippen LogP contribution is -2.22. The molecule has 4 aromatic rings. The van der Waals surface area contributed by atoms with Crippen molar-refractivity contribution >= 4 is 22.8 Å². The molecule has 0 aliphatic heterocycles. The van der Waals surface area contributed by atoms with E-state index in [9.17, 15) is 18.4 Å². The van der Waals surface area contributed by atoms with Crippen LogP contribution in [0.3, 0.4) is 0 Å². The third-order valence-corrected chi connectivity index (χ3v) is 4.50. The average Bonchev–Trinajstić information content (AvgIpc) is 2.99. The molecular formula is C21H14F2N4O3. The first-order valence-corrected chi connectivity index (χ1v) is 8.76. The molecule has 2 aromatic heterocycles. The summed E-state index contributed by atoms with van der Waals surface area (Å²) in [5.74, 6) is -2.34. The normalized spacial score (nSPS) is 10.9. The highest BCUT2D eigenvalue weighted by atomic mass is 19.1. The molecule has 9 heteroatoms. The van der Waals surface area contributed by atoms with Crippen LogP contribution in [0.2, 0.25) is 0 Å². The summed E-state index contributed by atoms with van der Waals surface area (Å²) in [7, 11) is 0. The van der Waals surface area contributed by atoms with Crippen molar-refractivity contribution in [3.05, 3.63) is 83.3 Å². The number of carbonyl (C=O) groups excluding carboxylic acids is 2. The van der Waals surface area contributed by atoms with Crippen LogP contribution < -0.4 is 10.6 Å². The van der Waals surface area contributed by atoms with Gasteiger partial charge in [-0.3, -0.25) is 4.79 Å². The number of rotatable bonds is 4. The number of hydrogen-bond donors (Lipinski definition) is 1. The molecule has 150 valence electrons. The number of hydrogen-bond acceptors (Lipinski definition) is 5. The third-order valence-electron chi connectivity index (χ3n) is 4.50. The molecule has 1 amide bonds. The summed E-state index contributed by atoms with van der Waals surface area (Å²) >= 11 is 0. The maximum absolute atomic E-state index is 13.6. The van der Waals surface area contributed by atoms with Gasteiger partial charge >= 0.3 is 5.97 Å². The first-order valence-electron chi connectivity index (χ1n) is 8.76. The zero-order chi connectivity index (χ0) is 21.4. The standard InChI is InChI=1S/C21H14F2N4O3/c1-11-18(19(24)28)16-8-15(23)5-6-17(16)27(11)30-21(29)13-9-25-20(26-10-13)12-3-2-4-14(22)7-12/h2-10H,1H3,(H2,24,28). The zero-order valence-corrected chi connectivity index (χ0v) is 15.6. The fraction of sp³-hybridized carbons (Fsp3) is 0.0476. The molecule has 2 N–H and O–H groups in total. The lowest BCUT2D eigenvalue weighted by atomic mass is 10.1. The Bertz CT molecular complexity index is 1300. The van der Waals surface area contributed by atoms with E-state index >= 15 is 0 Å². The second-order valence-corrected chi connectivity index (χ2v) is 6.46. The highest BCUT2D eigenvalue weighted by molar-refractivity contribution is 6.07. The Balaban J connectivity index is 1.67. The van der Waals surface area contributed by atoms with Crippen molar-refractivity contribution in [2.45, 2.75) is 6.92 Å². The van der Waals surface area contributed by atoms with Crippen molar-refractivity contribution < 1.29 is 23.2 Å². The van der Waals surface area contributed by atoms with Gasteiger partial charge in [-0.25, -0.2) is 23.5 Å². The Morgan fingerprint density at radius 2 is 1.73 bits per heavy atom. The summed E-state index contributed by atoms with van der Waals surface area (Å²) in [4.78, 5) is 37.9. The minimum Gasteiger partial charge on any atom is -0.366 e. The van der Waals surface area contributed by atoms with Crippen LogP contribution in [0.25, 0.3) is 22.3 Å². The van der Waals surface area contributed by atoms with Crippen LogP contribution in [0.1, 0.15) is 26.4 Å². The fourth-order valence-electron chi connectivity index (χ4n) is 3.14. The van der Waals surface area contributed by atoms with E-state index < -0.39 is 23.5 Å². The predicted octanol–water partition coefficient (Wildman–Crippen LogP) is 3.05. The van der Waals surface area contributed by atoms with Gasteiger partial charge in [-0.2, -0.15) is 4.73 Å². The molecule has 0 radical (unpaired) electrons. The van der Waals surface area contributed by atoms with Gasteiger partial charge in [-0.05, 0) is 37.3 Å². The maximum atomic E-state index is 13.6. The Hall–Kier alpha value is -4.14. The van der Waals surface area contributed by atoms with E-state index in [1.54, 1.807) is 6.07 Å². The molecule has 0 saturated carbocycles. The van der Waals surface area contributed by atoms with Crippen LogP contribution in [-0.4, -0.2) is 26.6 Å². The number of primary amides is 1. The van der Waals surface area contributed by atoms with Gasteiger partial charge < -0.3 is 10.6 Å². The molecular weight excluding hydrogens is 394 g/mol. The van der Waals surface area contributed by atoms with Crippen molar-refractivity contribution in [3.8, 4) is 11.4 Å². The van der Waals surface area contributed by atoms with E-state index in [0.29, 0.717) is 11.1 Å². The molecule has 0 aliphatic carbocycles. The Labute approximate surface area is 168 Å². The van der Waals surface area contributed by atoms with E-state index in [1.165, 1.54) is 49.6 Å². The van der Waals surface area contributed by atoms with E-state index in [4.69, 9.17) is 10.6 Å². The first-order chi connectivity index (χ1) is 14.3. The molecule has 2 aromatic carbocycles. The smallest absolute Gasteiger partial charge is 0.366 e. The van der Waals surface area contributed by atoms with Crippen molar-refractivity contribution in [2.24, 2.45) is 5.73 Å². The van der Waals surface area contributed by atoms with Crippen molar-refractivity contribution in [2.75, 3.05) is 0 Å². The summed E-state index contributed by atoms with van der Waals surface area (Å²) in [6, 6.07) is 9.42. The van der Waals surface area contributed by atoms with Crippen LogP contribution in [-0.2, 0) is 0 Å². The highest BCUT2D eigenvalue weighted by Crippen LogP contribution is 2.26. The first kappa shape index (κ1) is 19.2. The summed E-state index contributed by atoms with van der Waals surface area (Å²) in [5, 5.41) is 0.227. The summed E-state index contributed by atoms with van der Waals surface area (Å²) in [6.45, 7) is 1.52. The largest absolute Gasteiger partial charge is 0.366 e. The van der Waals surface area contributed by atoms with Crippen LogP contribution in [0.5, 0.6) is 0 Å². The van der Waals surface area contributed by atoms with Crippen LogP contribution in [0.15, 0.2) is 54.9 Å². The Morgan fingerprint density at radius 1 is 1.03 bits per heavy atom. The van der Waals surface area contributed by atoms with Crippen molar-refractivity contribution in [1.82, 2.24) is 14.7 Å². The van der Waals surface area contributed by atoms with E-state index in [2.05, 4.69) is 9.97 Å². The number of nitrogens with zero attached hydrogens (tertiary/aromatic N) is 3. The second-order valence-electron chi connectivity index (χ2n) is 6.46. The quantitative estimate of drug-likeness (QED) is 0.559. The molecule has 2 heterocycles. The molecule has 30 heavy (non-hydrogen) atoms. The van der Waals surface area contributed by atoms with Crippen molar-refractivity contribution in [1.29, 1.82) is 0 Å². The second kappa shape index (κ2) is 7.36. The van der Waals surface area contributed by atoms with Crippen LogP contribution in [0, 0.1) is 18.6 Å². The number of nitrogens with two attached hydrogens (primary N) is 1. The van der Waals surface area contributed by atoms with Gasteiger partial charge in [0.15, 0.2) is 5.82 Å². The summed E-state index contributed by atoms with van der Waals surface area (Å²) < 4.78 is 28.1. The number of halogens is 2. The monoisotopic (exact) mass is 408 g/mol. The average molecular weight is 408 g/mol. The predicted molar refractivity (Wildman–Crippen MR) is 103 cm³/mol. The third kappa shape index (κ3) is 3.37. The lowest BCUT2D eigenvalue weighted by molar-refractivity contribution is 0.0471. The molecule has 0 atom stereocenters. The fourth-order valence-corrected chi connectivity index (χ4v) is 3.14. The van der Waals surface area contributed by atoms with Crippen LogP contribution in [0.4, 0.5) is 8.78 Å². The minimum atomic E-state index is -0.805.